The third kappa shape index (κ3) is 3.30. The molecule has 0 bridgehead atoms. The Balaban J connectivity index is 2.31. The number of nitrogens with two attached hydrogens (primary N) is 1. The van der Waals surface area contributed by atoms with Gasteiger partial charge in [0, 0.05) is 3.57 Å². The molecular formula is C13H10ClIN2O2. The van der Waals surface area contributed by atoms with Crippen molar-refractivity contribution in [1.82, 2.24) is 0 Å². The number of nitrogens with one attached hydrogen (secondary N) is 1. The molecule has 0 aliphatic heterocycles. The largest absolute Gasteiger partial charge is 0.478 e. The number of aromatic carboxylic acids is 1. The van der Waals surface area contributed by atoms with Crippen molar-refractivity contribution in [3.8, 4) is 0 Å². The summed E-state index contributed by atoms with van der Waals surface area (Å²) in [6.45, 7) is 0. The molecule has 0 saturated heterocycles. The molecule has 6 heteroatoms. The number of anilines is 3. The minimum Gasteiger partial charge on any atom is -0.478 e. The Hall–Kier alpha value is -1.47. The van der Waals surface area contributed by atoms with E-state index in [1.54, 1.807) is 6.07 Å². The minimum absolute atomic E-state index is 0.150. The SMILES string of the molecule is Nc1cc(C(=O)O)ccc1Nc1ccc(I)cc1Cl. The molecule has 0 aliphatic rings. The van der Waals surface area contributed by atoms with Crippen LogP contribution in [0.2, 0.25) is 5.02 Å². The van der Waals surface area contributed by atoms with Crippen LogP contribution in [0.25, 0.3) is 0 Å². The Morgan fingerprint density at radius 1 is 1.21 bits per heavy atom. The topological polar surface area (TPSA) is 75.4 Å². The summed E-state index contributed by atoms with van der Waals surface area (Å²) < 4.78 is 1.03. The Morgan fingerprint density at radius 2 is 1.89 bits per heavy atom. The highest BCUT2D eigenvalue weighted by atomic mass is 127. The van der Waals surface area contributed by atoms with E-state index in [-0.39, 0.29) is 5.56 Å². The number of hydrogen-bond acceptors (Lipinski definition) is 3. The zero-order valence-electron chi connectivity index (χ0n) is 9.65. The first-order chi connectivity index (χ1) is 8.97. The second-order valence-electron chi connectivity index (χ2n) is 3.86. The number of halogens is 2. The first-order valence-corrected chi connectivity index (χ1v) is 6.78. The van der Waals surface area contributed by atoms with Crippen LogP contribution >= 0.6 is 34.2 Å². The fraction of sp³-hybridized carbons (Fsp3) is 0. The van der Waals surface area contributed by atoms with Gasteiger partial charge in [0.25, 0.3) is 0 Å². The lowest BCUT2D eigenvalue weighted by molar-refractivity contribution is 0.0697. The van der Waals surface area contributed by atoms with Gasteiger partial charge in [0.1, 0.15) is 0 Å². The molecule has 2 aromatic rings. The second-order valence-corrected chi connectivity index (χ2v) is 5.51. The molecule has 0 unspecified atom stereocenters. The zero-order valence-corrected chi connectivity index (χ0v) is 12.6. The van der Waals surface area contributed by atoms with Gasteiger partial charge in [0.2, 0.25) is 0 Å². The van der Waals surface area contributed by atoms with Crippen molar-refractivity contribution in [2.24, 2.45) is 0 Å². The molecule has 4 N–H and O–H groups in total. The molecule has 0 atom stereocenters. The molecule has 0 amide bonds. The highest BCUT2D eigenvalue weighted by molar-refractivity contribution is 14.1. The van der Waals surface area contributed by atoms with E-state index >= 15 is 0 Å². The van der Waals surface area contributed by atoms with E-state index in [0.29, 0.717) is 16.4 Å². The maximum Gasteiger partial charge on any atom is 0.335 e. The molecule has 0 aromatic heterocycles. The van der Waals surface area contributed by atoms with Crippen molar-refractivity contribution in [1.29, 1.82) is 0 Å². The molecule has 0 radical (unpaired) electrons. The van der Waals surface area contributed by atoms with Gasteiger partial charge in [-0.1, -0.05) is 11.6 Å². The molecule has 0 saturated carbocycles. The Morgan fingerprint density at radius 3 is 2.47 bits per heavy atom. The molecule has 2 aromatic carbocycles. The first kappa shape index (κ1) is 14.0. The van der Waals surface area contributed by atoms with Gasteiger partial charge in [-0.15, -0.1) is 0 Å². The van der Waals surface area contributed by atoms with Crippen molar-refractivity contribution in [2.75, 3.05) is 11.1 Å². The monoisotopic (exact) mass is 388 g/mol. The number of nitrogen functional groups attached to an aromatic ring is 1. The average molecular weight is 389 g/mol. The summed E-state index contributed by atoms with van der Waals surface area (Å²) in [5.41, 5.74) is 7.66. The zero-order chi connectivity index (χ0) is 14.0. The third-order valence-electron chi connectivity index (χ3n) is 2.50. The number of carbonyl (C=O) groups is 1. The van der Waals surface area contributed by atoms with Gasteiger partial charge < -0.3 is 16.2 Å². The Bertz CT molecular complexity index is 647. The maximum absolute atomic E-state index is 10.8. The summed E-state index contributed by atoms with van der Waals surface area (Å²) in [5.74, 6) is -1.01. The molecule has 2 rings (SSSR count). The molecule has 4 nitrogen and oxygen atoms in total. The fourth-order valence-electron chi connectivity index (χ4n) is 1.55. The van der Waals surface area contributed by atoms with E-state index in [2.05, 4.69) is 27.9 Å². The van der Waals surface area contributed by atoms with E-state index < -0.39 is 5.97 Å². The molecule has 98 valence electrons. The highest BCUT2D eigenvalue weighted by Gasteiger charge is 2.08. The summed E-state index contributed by atoms with van der Waals surface area (Å²) in [6.07, 6.45) is 0. The quantitative estimate of drug-likeness (QED) is 0.549. The van der Waals surface area contributed by atoms with Crippen LogP contribution < -0.4 is 11.1 Å². The number of carboxylic acid groups (broad SMARTS) is 1. The van der Waals surface area contributed by atoms with Crippen molar-refractivity contribution < 1.29 is 9.90 Å². The van der Waals surface area contributed by atoms with Crippen molar-refractivity contribution in [2.45, 2.75) is 0 Å². The van der Waals surface area contributed by atoms with Crippen LogP contribution in [0.1, 0.15) is 10.4 Å². The second kappa shape index (κ2) is 5.66. The van der Waals surface area contributed by atoms with Gasteiger partial charge in [-0.3, -0.25) is 0 Å². The number of carboxylic acids is 1. The predicted molar refractivity (Wildman–Crippen MR) is 85.3 cm³/mol. The lowest BCUT2D eigenvalue weighted by Crippen LogP contribution is -2.01. The van der Waals surface area contributed by atoms with Crippen molar-refractivity contribution in [3.05, 3.63) is 50.6 Å². The van der Waals surface area contributed by atoms with Gasteiger partial charge in [-0.2, -0.15) is 0 Å². The molecule has 0 heterocycles. The van der Waals surface area contributed by atoms with Gasteiger partial charge in [-0.05, 0) is 59.0 Å². The van der Waals surface area contributed by atoms with Crippen LogP contribution in [0.4, 0.5) is 17.1 Å². The first-order valence-electron chi connectivity index (χ1n) is 5.32. The van der Waals surface area contributed by atoms with Crippen molar-refractivity contribution in [3.63, 3.8) is 0 Å². The lowest BCUT2D eigenvalue weighted by atomic mass is 10.1. The number of hydrogen-bond donors (Lipinski definition) is 3. The van der Waals surface area contributed by atoms with Gasteiger partial charge in [0.15, 0.2) is 0 Å². The predicted octanol–water partition coefficient (Wildman–Crippen LogP) is 3.97. The van der Waals surface area contributed by atoms with Crippen LogP contribution in [0, 0.1) is 3.57 Å². The van der Waals surface area contributed by atoms with E-state index in [1.165, 1.54) is 12.1 Å². The Labute approximate surface area is 128 Å². The van der Waals surface area contributed by atoms with Crippen LogP contribution in [0.5, 0.6) is 0 Å². The van der Waals surface area contributed by atoms with E-state index in [9.17, 15) is 4.79 Å². The van der Waals surface area contributed by atoms with E-state index in [4.69, 9.17) is 22.4 Å². The van der Waals surface area contributed by atoms with E-state index in [0.717, 1.165) is 9.26 Å². The minimum atomic E-state index is -1.01. The molecule has 19 heavy (non-hydrogen) atoms. The van der Waals surface area contributed by atoms with E-state index in [1.807, 2.05) is 18.2 Å². The van der Waals surface area contributed by atoms with Gasteiger partial charge >= 0.3 is 5.97 Å². The third-order valence-corrected chi connectivity index (χ3v) is 3.48. The van der Waals surface area contributed by atoms with Crippen LogP contribution in [-0.2, 0) is 0 Å². The standard InChI is InChI=1S/C13H10ClIN2O2/c14-9-6-8(15)2-4-11(9)17-12-3-1-7(13(18)19)5-10(12)16/h1-6,17H,16H2,(H,18,19). The van der Waals surface area contributed by atoms with Crippen LogP contribution in [-0.4, -0.2) is 11.1 Å². The summed E-state index contributed by atoms with van der Waals surface area (Å²) in [5, 5.41) is 12.5. The summed E-state index contributed by atoms with van der Waals surface area (Å²) in [6, 6.07) is 10.1. The maximum atomic E-state index is 10.8. The smallest absolute Gasteiger partial charge is 0.335 e. The molecule has 0 spiro atoms. The summed E-state index contributed by atoms with van der Waals surface area (Å²) in [7, 11) is 0. The van der Waals surface area contributed by atoms with Gasteiger partial charge in [-0.25, -0.2) is 4.79 Å². The molecular weight excluding hydrogens is 379 g/mol. The fourth-order valence-corrected chi connectivity index (χ4v) is 2.45. The highest BCUT2D eigenvalue weighted by Crippen LogP contribution is 2.30. The van der Waals surface area contributed by atoms with Crippen LogP contribution in [0.3, 0.4) is 0 Å². The number of benzene rings is 2. The molecule has 0 fully saturated rings. The van der Waals surface area contributed by atoms with Gasteiger partial charge in [0.05, 0.1) is 27.6 Å². The molecule has 0 aliphatic carbocycles. The average Bonchev–Trinajstić information content (AvgIpc) is 2.34. The normalized spacial score (nSPS) is 10.2. The number of rotatable bonds is 3. The lowest BCUT2D eigenvalue weighted by Gasteiger charge is -2.11. The summed E-state index contributed by atoms with van der Waals surface area (Å²) >= 11 is 8.28. The Kier molecular flexibility index (Phi) is 4.16. The summed E-state index contributed by atoms with van der Waals surface area (Å²) in [4.78, 5) is 10.8. The van der Waals surface area contributed by atoms with Crippen molar-refractivity contribution >= 4 is 57.2 Å². The van der Waals surface area contributed by atoms with Crippen LogP contribution in [0.15, 0.2) is 36.4 Å².